The van der Waals surface area contributed by atoms with E-state index in [1.807, 2.05) is 12.2 Å². The Kier molecular flexibility index (Phi) is 4.40. The number of sulfonamides is 1. The summed E-state index contributed by atoms with van der Waals surface area (Å²) >= 11 is 1.18. The zero-order chi connectivity index (χ0) is 18.5. The van der Waals surface area contributed by atoms with Gasteiger partial charge in [-0.3, -0.25) is 9.59 Å². The number of hydrogen-bond acceptors (Lipinski definition) is 5. The number of nitrogens with zero attached hydrogens (tertiary/aromatic N) is 2. The van der Waals surface area contributed by atoms with Crippen molar-refractivity contribution in [3.8, 4) is 0 Å². The number of piperazine rings is 1. The zero-order valence-electron chi connectivity index (χ0n) is 14.0. The van der Waals surface area contributed by atoms with Crippen LogP contribution in [-0.2, 0) is 19.6 Å². The summed E-state index contributed by atoms with van der Waals surface area (Å²) in [5.41, 5.74) is 0. The number of carbonyl (C=O) groups is 2. The summed E-state index contributed by atoms with van der Waals surface area (Å²) in [7, 11) is -3.51. The molecule has 1 aliphatic heterocycles. The van der Waals surface area contributed by atoms with Crippen LogP contribution in [0.1, 0.15) is 6.42 Å². The van der Waals surface area contributed by atoms with E-state index in [1.165, 1.54) is 15.6 Å². The van der Waals surface area contributed by atoms with E-state index >= 15 is 0 Å². The van der Waals surface area contributed by atoms with Gasteiger partial charge in [-0.15, -0.1) is 11.3 Å². The van der Waals surface area contributed by atoms with Crippen molar-refractivity contribution in [1.29, 1.82) is 0 Å². The molecule has 1 aromatic heterocycles. The van der Waals surface area contributed by atoms with Crippen molar-refractivity contribution < 1.29 is 23.1 Å². The molecule has 1 aromatic rings. The van der Waals surface area contributed by atoms with Crippen molar-refractivity contribution >= 4 is 33.2 Å². The Balaban J connectivity index is 1.44. The van der Waals surface area contributed by atoms with Gasteiger partial charge in [0.2, 0.25) is 5.91 Å². The molecular weight excluding hydrogens is 376 g/mol. The maximum atomic E-state index is 13.0. The van der Waals surface area contributed by atoms with Crippen LogP contribution in [0.4, 0.5) is 0 Å². The van der Waals surface area contributed by atoms with E-state index in [4.69, 9.17) is 0 Å². The molecule has 9 heteroatoms. The predicted octanol–water partition coefficient (Wildman–Crippen LogP) is 1.10. The lowest BCUT2D eigenvalue weighted by Crippen LogP contribution is -2.53. The van der Waals surface area contributed by atoms with Crippen LogP contribution in [0, 0.1) is 23.7 Å². The molecule has 3 aliphatic rings. The molecule has 2 heterocycles. The number of allylic oxidation sites excluding steroid dienone is 2. The number of thiophene rings is 1. The second-order valence-corrected chi connectivity index (χ2v) is 10.1. The monoisotopic (exact) mass is 396 g/mol. The lowest BCUT2D eigenvalue weighted by molar-refractivity contribution is -0.151. The van der Waals surface area contributed by atoms with Crippen molar-refractivity contribution in [3.63, 3.8) is 0 Å². The van der Waals surface area contributed by atoms with E-state index in [2.05, 4.69) is 0 Å². The highest BCUT2D eigenvalue weighted by Crippen LogP contribution is 2.48. The molecule has 0 unspecified atom stereocenters. The Morgan fingerprint density at radius 1 is 1.08 bits per heavy atom. The molecule has 0 aromatic carbocycles. The van der Waals surface area contributed by atoms with Gasteiger partial charge in [0.25, 0.3) is 10.0 Å². The van der Waals surface area contributed by atoms with Gasteiger partial charge in [-0.1, -0.05) is 18.2 Å². The number of carbonyl (C=O) groups excluding carboxylic acids is 1. The third-order valence-corrected chi connectivity index (χ3v) is 8.94. The zero-order valence-corrected chi connectivity index (χ0v) is 15.7. The van der Waals surface area contributed by atoms with Gasteiger partial charge in [-0.2, -0.15) is 4.31 Å². The predicted molar refractivity (Wildman–Crippen MR) is 95.0 cm³/mol. The molecule has 1 N–H and O–H groups in total. The molecule has 1 saturated heterocycles. The maximum absolute atomic E-state index is 13.0. The van der Waals surface area contributed by atoms with E-state index in [0.717, 1.165) is 6.42 Å². The Hall–Kier alpha value is -1.71. The van der Waals surface area contributed by atoms with Crippen molar-refractivity contribution in [2.75, 3.05) is 26.2 Å². The SMILES string of the molecule is O=C(O)[C@H]1[C@H](C(=O)N2CCN(S(=O)(=O)c3cccs3)CC2)[C@H]2C=C[C@H]1C2. The average molecular weight is 396 g/mol. The molecule has 26 heavy (non-hydrogen) atoms. The minimum Gasteiger partial charge on any atom is -0.481 e. The van der Waals surface area contributed by atoms with Crippen LogP contribution in [0.3, 0.4) is 0 Å². The van der Waals surface area contributed by atoms with E-state index < -0.39 is 27.8 Å². The lowest BCUT2D eigenvalue weighted by atomic mass is 9.82. The highest BCUT2D eigenvalue weighted by molar-refractivity contribution is 7.91. The Morgan fingerprint density at radius 2 is 1.73 bits per heavy atom. The molecule has 1 amide bonds. The van der Waals surface area contributed by atoms with Gasteiger partial charge in [0, 0.05) is 26.2 Å². The summed E-state index contributed by atoms with van der Waals surface area (Å²) in [5.74, 6) is -2.33. The van der Waals surface area contributed by atoms with Crippen LogP contribution in [0.25, 0.3) is 0 Å². The molecule has 2 aliphatic carbocycles. The molecule has 7 nitrogen and oxygen atoms in total. The van der Waals surface area contributed by atoms with Crippen molar-refractivity contribution in [3.05, 3.63) is 29.7 Å². The maximum Gasteiger partial charge on any atom is 0.307 e. The first-order valence-electron chi connectivity index (χ1n) is 8.63. The molecular formula is C17H20N2O5S2. The van der Waals surface area contributed by atoms with Crippen LogP contribution < -0.4 is 0 Å². The number of rotatable bonds is 4. The van der Waals surface area contributed by atoms with Crippen LogP contribution in [-0.4, -0.2) is 60.8 Å². The summed E-state index contributed by atoms with van der Waals surface area (Å²) in [4.78, 5) is 26.2. The second-order valence-electron chi connectivity index (χ2n) is 7.00. The van der Waals surface area contributed by atoms with Crippen molar-refractivity contribution in [2.45, 2.75) is 10.6 Å². The number of aliphatic carboxylic acids is 1. The lowest BCUT2D eigenvalue weighted by Gasteiger charge is -2.37. The Labute approximate surface area is 156 Å². The van der Waals surface area contributed by atoms with Gasteiger partial charge in [-0.25, -0.2) is 8.42 Å². The average Bonchev–Trinajstić information content (AvgIpc) is 3.37. The van der Waals surface area contributed by atoms with Crippen molar-refractivity contribution in [1.82, 2.24) is 9.21 Å². The minimum atomic E-state index is -3.51. The van der Waals surface area contributed by atoms with Crippen molar-refractivity contribution in [2.24, 2.45) is 23.7 Å². The Bertz CT molecular complexity index is 841. The number of amides is 1. The highest BCUT2D eigenvalue weighted by Gasteiger charge is 2.52. The number of hydrogen-bond donors (Lipinski definition) is 1. The number of carboxylic acids is 1. The molecule has 2 fully saturated rings. The van der Waals surface area contributed by atoms with Gasteiger partial charge in [0.05, 0.1) is 11.8 Å². The molecule has 2 bridgehead atoms. The first-order valence-corrected chi connectivity index (χ1v) is 10.9. The van der Waals surface area contributed by atoms with E-state index in [0.29, 0.717) is 17.3 Å². The third-order valence-electron chi connectivity index (χ3n) is 5.67. The fraction of sp³-hybridized carbons (Fsp3) is 0.529. The fourth-order valence-corrected chi connectivity index (χ4v) is 6.96. The largest absolute Gasteiger partial charge is 0.481 e. The highest BCUT2D eigenvalue weighted by atomic mass is 32.2. The fourth-order valence-electron chi connectivity index (χ4n) is 4.39. The second kappa shape index (κ2) is 6.47. The summed E-state index contributed by atoms with van der Waals surface area (Å²) in [6.45, 7) is 1.07. The number of carboxylic acid groups (broad SMARTS) is 1. The first kappa shape index (κ1) is 17.7. The smallest absolute Gasteiger partial charge is 0.307 e. The van der Waals surface area contributed by atoms with E-state index in [1.54, 1.807) is 22.4 Å². The summed E-state index contributed by atoms with van der Waals surface area (Å²) in [6, 6.07) is 3.28. The summed E-state index contributed by atoms with van der Waals surface area (Å²) in [5, 5.41) is 11.2. The van der Waals surface area contributed by atoms with Gasteiger partial charge in [-0.05, 0) is 29.7 Å². The summed E-state index contributed by atoms with van der Waals surface area (Å²) in [6.07, 6.45) is 4.60. The molecule has 0 radical (unpaired) electrons. The quantitative estimate of drug-likeness (QED) is 0.769. The topological polar surface area (TPSA) is 95.0 Å². The van der Waals surface area contributed by atoms with Gasteiger partial charge >= 0.3 is 5.97 Å². The van der Waals surface area contributed by atoms with Gasteiger partial charge < -0.3 is 10.0 Å². The number of fused-ring (bicyclic) bond motifs is 2. The van der Waals surface area contributed by atoms with Gasteiger partial charge in [0.1, 0.15) is 4.21 Å². The third kappa shape index (κ3) is 2.78. The van der Waals surface area contributed by atoms with Crippen LogP contribution in [0.2, 0.25) is 0 Å². The van der Waals surface area contributed by atoms with E-state index in [9.17, 15) is 23.1 Å². The minimum absolute atomic E-state index is 0.0125. The molecule has 0 spiro atoms. The first-order chi connectivity index (χ1) is 12.4. The van der Waals surface area contributed by atoms with Gasteiger partial charge in [0.15, 0.2) is 0 Å². The summed E-state index contributed by atoms with van der Waals surface area (Å²) < 4.78 is 26.9. The molecule has 4 atom stereocenters. The standard InChI is InChI=1S/C17H20N2O5S2/c20-16(14-11-3-4-12(10-11)15(14)17(21)22)18-5-7-19(8-6-18)26(23,24)13-2-1-9-25-13/h1-4,9,11-12,14-15H,5-8,10H2,(H,21,22)/t11-,12-,14+,15+/m0/s1. The van der Waals surface area contributed by atoms with Crippen LogP contribution in [0.5, 0.6) is 0 Å². The van der Waals surface area contributed by atoms with Crippen LogP contribution >= 0.6 is 11.3 Å². The molecule has 1 saturated carbocycles. The molecule has 4 rings (SSSR count). The molecule has 140 valence electrons. The van der Waals surface area contributed by atoms with E-state index in [-0.39, 0.29) is 30.8 Å². The van der Waals surface area contributed by atoms with Crippen LogP contribution in [0.15, 0.2) is 33.9 Å². The Morgan fingerprint density at radius 3 is 2.31 bits per heavy atom. The normalized spacial score (nSPS) is 31.5.